The van der Waals surface area contributed by atoms with Gasteiger partial charge < -0.3 is 9.31 Å². The number of ketones is 1. The number of carbonyl (C=O) groups excluding carboxylic acids is 1. The zero-order chi connectivity index (χ0) is 19.2. The van der Waals surface area contributed by atoms with Crippen LogP contribution in [-0.4, -0.2) is 34.3 Å². The maximum absolute atomic E-state index is 12.8. The Morgan fingerprint density at radius 1 is 1.07 bits per heavy atom. The molecule has 1 aliphatic heterocycles. The van der Waals surface area contributed by atoms with E-state index < -0.39 is 18.3 Å². The highest BCUT2D eigenvalue weighted by Crippen LogP contribution is 2.36. The van der Waals surface area contributed by atoms with E-state index in [1.54, 1.807) is 6.20 Å². The van der Waals surface area contributed by atoms with Gasteiger partial charge in [-0.3, -0.25) is 9.89 Å². The second-order valence-electron chi connectivity index (χ2n) is 8.11. The lowest BCUT2D eigenvalue weighted by atomic mass is 9.78. The number of rotatable bonds is 4. The highest BCUT2D eigenvalue weighted by atomic mass is 16.7. The van der Waals surface area contributed by atoms with E-state index in [1.165, 1.54) is 0 Å². The first-order valence-electron chi connectivity index (χ1n) is 9.16. The molecular weight excluding hydrogens is 339 g/mol. The van der Waals surface area contributed by atoms with E-state index in [2.05, 4.69) is 10.2 Å². The van der Waals surface area contributed by atoms with Crippen molar-refractivity contribution in [2.24, 2.45) is 0 Å². The summed E-state index contributed by atoms with van der Waals surface area (Å²) in [6.45, 7) is 8.09. The third kappa shape index (κ3) is 3.31. The van der Waals surface area contributed by atoms with Crippen LogP contribution in [0.4, 0.5) is 0 Å². The summed E-state index contributed by atoms with van der Waals surface area (Å²) >= 11 is 0. The van der Waals surface area contributed by atoms with Crippen LogP contribution in [0.1, 0.15) is 43.6 Å². The minimum atomic E-state index is -0.468. The topological polar surface area (TPSA) is 64.2 Å². The molecule has 0 spiro atoms. The smallest absolute Gasteiger partial charge is 0.399 e. The molecule has 1 N–H and O–H groups in total. The molecule has 0 amide bonds. The Labute approximate surface area is 159 Å². The number of nitrogens with one attached hydrogen (secondary N) is 1. The maximum Gasteiger partial charge on any atom is 0.494 e. The number of aromatic amines is 1. The van der Waals surface area contributed by atoms with Crippen LogP contribution in [0, 0.1) is 0 Å². The standard InChI is InChI=1S/C21H23BN2O3/c1-20(2)21(3,4)27-22(26-20)17-7-5-6-15(12-17)19(25)11-14-8-9-18-16(10-14)13-23-24-18/h5-10,12-13H,11H2,1-4H3,(H,23,24). The molecule has 5 nitrogen and oxygen atoms in total. The van der Waals surface area contributed by atoms with Crippen molar-refractivity contribution in [1.82, 2.24) is 10.2 Å². The molecule has 0 saturated carbocycles. The number of aromatic nitrogens is 2. The van der Waals surface area contributed by atoms with E-state index in [0.717, 1.165) is 21.9 Å². The Bertz CT molecular complexity index is 993. The number of hydrogen-bond donors (Lipinski definition) is 1. The predicted molar refractivity (Wildman–Crippen MR) is 106 cm³/mol. The zero-order valence-electron chi connectivity index (χ0n) is 16.1. The average molecular weight is 362 g/mol. The minimum Gasteiger partial charge on any atom is -0.399 e. The van der Waals surface area contributed by atoms with Gasteiger partial charge >= 0.3 is 7.12 Å². The summed E-state index contributed by atoms with van der Waals surface area (Å²) in [6.07, 6.45) is 2.11. The summed E-state index contributed by atoms with van der Waals surface area (Å²) in [6, 6.07) is 13.4. The van der Waals surface area contributed by atoms with E-state index in [-0.39, 0.29) is 5.78 Å². The van der Waals surface area contributed by atoms with Gasteiger partial charge in [-0.25, -0.2) is 0 Å². The van der Waals surface area contributed by atoms with E-state index in [1.807, 2.05) is 70.2 Å². The molecule has 6 heteroatoms. The number of hydrogen-bond acceptors (Lipinski definition) is 4. The van der Waals surface area contributed by atoms with Gasteiger partial charge in [0.1, 0.15) is 0 Å². The number of nitrogens with zero attached hydrogens (tertiary/aromatic N) is 1. The molecule has 2 heterocycles. The van der Waals surface area contributed by atoms with Crippen molar-refractivity contribution in [1.29, 1.82) is 0 Å². The first kappa shape index (κ1) is 18.0. The zero-order valence-corrected chi connectivity index (χ0v) is 16.1. The van der Waals surface area contributed by atoms with Crippen molar-refractivity contribution in [2.45, 2.75) is 45.3 Å². The van der Waals surface area contributed by atoms with Gasteiger partial charge in [0.2, 0.25) is 0 Å². The van der Waals surface area contributed by atoms with E-state index in [0.29, 0.717) is 12.0 Å². The largest absolute Gasteiger partial charge is 0.494 e. The van der Waals surface area contributed by atoms with E-state index in [4.69, 9.17) is 9.31 Å². The van der Waals surface area contributed by atoms with Crippen LogP contribution in [0.5, 0.6) is 0 Å². The molecule has 0 radical (unpaired) electrons. The van der Waals surface area contributed by atoms with Crippen molar-refractivity contribution in [2.75, 3.05) is 0 Å². The Kier molecular flexibility index (Phi) is 4.20. The molecule has 138 valence electrons. The molecule has 0 unspecified atom stereocenters. The molecule has 0 bridgehead atoms. The van der Waals surface area contributed by atoms with Crippen molar-refractivity contribution < 1.29 is 14.1 Å². The van der Waals surface area contributed by atoms with Crippen LogP contribution < -0.4 is 5.46 Å². The van der Waals surface area contributed by atoms with Gasteiger partial charge in [0, 0.05) is 17.4 Å². The monoisotopic (exact) mass is 362 g/mol. The highest BCUT2D eigenvalue weighted by molar-refractivity contribution is 6.62. The van der Waals surface area contributed by atoms with Gasteiger partial charge in [-0.15, -0.1) is 0 Å². The summed E-state index contributed by atoms with van der Waals surface area (Å²) < 4.78 is 12.2. The maximum atomic E-state index is 12.8. The first-order chi connectivity index (χ1) is 12.7. The summed E-state index contributed by atoms with van der Waals surface area (Å²) in [5.74, 6) is 0.0659. The lowest BCUT2D eigenvalue weighted by Gasteiger charge is -2.32. The molecule has 1 aromatic heterocycles. The Morgan fingerprint density at radius 2 is 1.81 bits per heavy atom. The quantitative estimate of drug-likeness (QED) is 0.572. The second-order valence-corrected chi connectivity index (χ2v) is 8.11. The lowest BCUT2D eigenvalue weighted by molar-refractivity contribution is 0.00578. The van der Waals surface area contributed by atoms with Gasteiger partial charge in [0.25, 0.3) is 0 Å². The molecule has 1 aliphatic rings. The summed E-state index contributed by atoms with van der Waals surface area (Å²) in [7, 11) is -0.468. The molecular formula is C21H23BN2O3. The summed E-state index contributed by atoms with van der Waals surface area (Å²) in [5.41, 5.74) is 2.65. The van der Waals surface area contributed by atoms with Crippen LogP contribution in [0.15, 0.2) is 48.7 Å². The van der Waals surface area contributed by atoms with Crippen molar-refractivity contribution in [3.63, 3.8) is 0 Å². The molecule has 0 aliphatic carbocycles. The number of fused-ring (bicyclic) bond motifs is 1. The summed E-state index contributed by atoms with van der Waals surface area (Å²) in [5, 5.41) is 7.95. The Balaban J connectivity index is 1.54. The molecule has 4 rings (SSSR count). The predicted octanol–water partition coefficient (Wildman–Crippen LogP) is 3.29. The first-order valence-corrected chi connectivity index (χ1v) is 9.16. The minimum absolute atomic E-state index is 0.0659. The molecule has 3 aromatic rings. The van der Waals surface area contributed by atoms with Gasteiger partial charge in [0.15, 0.2) is 5.78 Å². The van der Waals surface area contributed by atoms with Crippen LogP contribution in [0.25, 0.3) is 10.9 Å². The highest BCUT2D eigenvalue weighted by Gasteiger charge is 2.51. The Morgan fingerprint density at radius 3 is 2.56 bits per heavy atom. The van der Waals surface area contributed by atoms with Gasteiger partial charge in [0.05, 0.1) is 22.9 Å². The van der Waals surface area contributed by atoms with Crippen LogP contribution in [0.3, 0.4) is 0 Å². The molecule has 0 atom stereocenters. The lowest BCUT2D eigenvalue weighted by Crippen LogP contribution is -2.41. The third-order valence-corrected chi connectivity index (χ3v) is 5.60. The normalized spacial score (nSPS) is 18.1. The van der Waals surface area contributed by atoms with Crippen LogP contribution in [-0.2, 0) is 15.7 Å². The van der Waals surface area contributed by atoms with Crippen molar-refractivity contribution in [3.05, 3.63) is 59.8 Å². The van der Waals surface area contributed by atoms with Crippen molar-refractivity contribution >= 4 is 29.3 Å². The fraction of sp³-hybridized carbons (Fsp3) is 0.333. The molecule has 27 heavy (non-hydrogen) atoms. The van der Waals surface area contributed by atoms with E-state index >= 15 is 0 Å². The molecule has 1 fully saturated rings. The second kappa shape index (κ2) is 6.32. The fourth-order valence-electron chi connectivity index (χ4n) is 3.23. The van der Waals surface area contributed by atoms with Gasteiger partial charge in [-0.2, -0.15) is 5.10 Å². The Hall–Kier alpha value is -2.44. The molecule has 1 saturated heterocycles. The van der Waals surface area contributed by atoms with E-state index in [9.17, 15) is 4.79 Å². The van der Waals surface area contributed by atoms with Gasteiger partial charge in [-0.05, 0) is 50.9 Å². The summed E-state index contributed by atoms with van der Waals surface area (Å²) in [4.78, 5) is 12.8. The number of Topliss-reactive ketones (excluding diaryl/α,β-unsaturated/α-hetero) is 1. The number of H-pyrrole nitrogens is 1. The average Bonchev–Trinajstić information content (AvgIpc) is 3.16. The van der Waals surface area contributed by atoms with Crippen LogP contribution >= 0.6 is 0 Å². The number of carbonyl (C=O) groups is 1. The fourth-order valence-corrected chi connectivity index (χ4v) is 3.23. The van der Waals surface area contributed by atoms with Crippen molar-refractivity contribution in [3.8, 4) is 0 Å². The molecule has 2 aromatic carbocycles. The van der Waals surface area contributed by atoms with Crippen LogP contribution in [0.2, 0.25) is 0 Å². The number of benzene rings is 2. The third-order valence-electron chi connectivity index (χ3n) is 5.60. The van der Waals surface area contributed by atoms with Gasteiger partial charge in [-0.1, -0.05) is 30.3 Å². The SMILES string of the molecule is CC1(C)OB(c2cccc(C(=O)Cc3ccc4[nH]ncc4c3)c2)OC1(C)C.